The minimum absolute atomic E-state index is 0.748. The van der Waals surface area contributed by atoms with Gasteiger partial charge in [0.25, 0.3) is 0 Å². The van der Waals surface area contributed by atoms with Crippen molar-refractivity contribution in [3.8, 4) is 5.82 Å². The summed E-state index contributed by atoms with van der Waals surface area (Å²) in [5, 5.41) is 17.2. The Bertz CT molecular complexity index is 622. The fourth-order valence-electron chi connectivity index (χ4n) is 1.81. The van der Waals surface area contributed by atoms with Crippen LogP contribution in [-0.4, -0.2) is 30.6 Å². The summed E-state index contributed by atoms with van der Waals surface area (Å²) >= 11 is 0. The first-order chi connectivity index (χ1) is 8.49. The molecule has 18 heavy (non-hydrogen) atoms. The highest BCUT2D eigenvalue weighted by atomic mass is 16.4. The fourth-order valence-corrected chi connectivity index (χ4v) is 1.81. The Morgan fingerprint density at radius 3 is 2.72 bits per heavy atom. The molecule has 0 unspecified atom stereocenters. The van der Waals surface area contributed by atoms with Crippen LogP contribution < -0.4 is 0 Å². The predicted octanol–water partition coefficient (Wildman–Crippen LogP) is 1.32. The molecule has 6 nitrogen and oxygen atoms in total. The fraction of sp³-hybridized carbons (Fsp3) is 0.250. The van der Waals surface area contributed by atoms with Crippen LogP contribution in [0.1, 0.15) is 16.8 Å². The van der Waals surface area contributed by atoms with Crippen LogP contribution in [0.2, 0.25) is 0 Å². The van der Waals surface area contributed by atoms with Crippen LogP contribution in [-0.2, 0) is 11.8 Å². The zero-order chi connectivity index (χ0) is 13.3. The van der Waals surface area contributed by atoms with Crippen LogP contribution in [0.25, 0.3) is 11.9 Å². The van der Waals surface area contributed by atoms with Crippen molar-refractivity contribution < 1.29 is 9.90 Å². The molecule has 2 heterocycles. The topological polar surface area (TPSA) is 72.9 Å². The smallest absolute Gasteiger partial charge is 0.328 e. The summed E-state index contributed by atoms with van der Waals surface area (Å²) in [6, 6.07) is 0. The van der Waals surface area contributed by atoms with E-state index in [4.69, 9.17) is 5.11 Å². The lowest BCUT2D eigenvalue weighted by Crippen LogP contribution is -2.04. The summed E-state index contributed by atoms with van der Waals surface area (Å²) in [5.74, 6) is -0.237. The van der Waals surface area contributed by atoms with Crippen LogP contribution in [0.5, 0.6) is 0 Å². The molecule has 0 saturated heterocycles. The summed E-state index contributed by atoms with van der Waals surface area (Å²) in [6.45, 7) is 3.78. The zero-order valence-electron chi connectivity index (χ0n) is 10.5. The first kappa shape index (κ1) is 12.1. The standard InChI is InChI=1S/C12H14N4O2/c1-8-6-13-16(7-8)12-10(4-5-11(17)18)9(2)14-15(12)3/h4-7H,1-3H3,(H,17,18)/b5-4+. The minimum Gasteiger partial charge on any atom is -0.478 e. The Morgan fingerprint density at radius 1 is 1.44 bits per heavy atom. The quantitative estimate of drug-likeness (QED) is 0.829. The van der Waals surface area contributed by atoms with Gasteiger partial charge in [-0.05, 0) is 25.5 Å². The van der Waals surface area contributed by atoms with Gasteiger partial charge >= 0.3 is 5.97 Å². The normalized spacial score (nSPS) is 11.3. The lowest BCUT2D eigenvalue weighted by atomic mass is 10.2. The van der Waals surface area contributed by atoms with Gasteiger partial charge in [0.1, 0.15) is 0 Å². The van der Waals surface area contributed by atoms with Gasteiger partial charge in [0, 0.05) is 24.9 Å². The van der Waals surface area contributed by atoms with Gasteiger partial charge in [-0.15, -0.1) is 0 Å². The molecule has 0 bridgehead atoms. The summed E-state index contributed by atoms with van der Waals surface area (Å²) in [4.78, 5) is 10.6. The van der Waals surface area contributed by atoms with E-state index in [2.05, 4.69) is 10.2 Å². The molecule has 0 aliphatic carbocycles. The molecule has 0 amide bonds. The number of carboxylic acid groups (broad SMARTS) is 1. The Balaban J connectivity index is 2.56. The van der Waals surface area contributed by atoms with Crippen molar-refractivity contribution in [2.24, 2.45) is 7.05 Å². The number of hydrogen-bond donors (Lipinski definition) is 1. The maximum absolute atomic E-state index is 10.6. The monoisotopic (exact) mass is 246 g/mol. The average molecular weight is 246 g/mol. The van der Waals surface area contributed by atoms with E-state index in [-0.39, 0.29) is 0 Å². The lowest BCUT2D eigenvalue weighted by Gasteiger charge is -2.03. The van der Waals surface area contributed by atoms with Crippen LogP contribution in [0, 0.1) is 13.8 Å². The molecule has 1 N–H and O–H groups in total. The number of carboxylic acids is 1. The van der Waals surface area contributed by atoms with Gasteiger partial charge in [0.2, 0.25) is 0 Å². The third kappa shape index (κ3) is 2.17. The lowest BCUT2D eigenvalue weighted by molar-refractivity contribution is -0.131. The maximum atomic E-state index is 10.6. The largest absolute Gasteiger partial charge is 0.478 e. The Kier molecular flexibility index (Phi) is 3.01. The van der Waals surface area contributed by atoms with Gasteiger partial charge < -0.3 is 5.11 Å². The van der Waals surface area contributed by atoms with Gasteiger partial charge in [-0.2, -0.15) is 10.2 Å². The van der Waals surface area contributed by atoms with Crippen LogP contribution in [0.4, 0.5) is 0 Å². The highest BCUT2D eigenvalue weighted by molar-refractivity contribution is 5.86. The molecular formula is C12H14N4O2. The van der Waals surface area contributed by atoms with Crippen molar-refractivity contribution in [3.05, 3.63) is 35.3 Å². The maximum Gasteiger partial charge on any atom is 0.328 e. The summed E-state index contributed by atoms with van der Waals surface area (Å²) in [5.41, 5.74) is 2.54. The highest BCUT2D eigenvalue weighted by Gasteiger charge is 2.13. The number of rotatable bonds is 3. The van der Waals surface area contributed by atoms with Crippen molar-refractivity contribution in [1.29, 1.82) is 0 Å². The van der Waals surface area contributed by atoms with E-state index in [1.165, 1.54) is 6.08 Å². The molecule has 0 radical (unpaired) electrons. The van der Waals surface area contributed by atoms with Crippen molar-refractivity contribution in [2.75, 3.05) is 0 Å². The van der Waals surface area contributed by atoms with E-state index < -0.39 is 5.97 Å². The van der Waals surface area contributed by atoms with Crippen LogP contribution in [0.15, 0.2) is 18.5 Å². The summed E-state index contributed by atoms with van der Waals surface area (Å²) in [7, 11) is 1.80. The second kappa shape index (κ2) is 4.48. The first-order valence-electron chi connectivity index (χ1n) is 5.45. The van der Waals surface area contributed by atoms with Gasteiger partial charge in [0.15, 0.2) is 5.82 Å². The van der Waals surface area contributed by atoms with E-state index in [0.717, 1.165) is 28.7 Å². The number of aliphatic carboxylic acids is 1. The molecule has 0 spiro atoms. The minimum atomic E-state index is -0.985. The van der Waals surface area contributed by atoms with E-state index in [9.17, 15) is 4.79 Å². The molecule has 2 aromatic rings. The Morgan fingerprint density at radius 2 is 2.17 bits per heavy atom. The summed E-state index contributed by atoms with van der Waals surface area (Å²) in [6.07, 6.45) is 6.25. The van der Waals surface area contributed by atoms with E-state index in [1.807, 2.05) is 20.0 Å². The summed E-state index contributed by atoms with van der Waals surface area (Å²) < 4.78 is 3.38. The SMILES string of the molecule is Cc1cnn(-c2c(/C=C/C(=O)O)c(C)nn2C)c1. The molecular weight excluding hydrogens is 232 g/mol. The molecule has 2 rings (SSSR count). The zero-order valence-corrected chi connectivity index (χ0v) is 10.5. The van der Waals surface area contributed by atoms with E-state index in [1.54, 1.807) is 22.6 Å². The molecule has 0 aliphatic heterocycles. The van der Waals surface area contributed by atoms with Crippen LogP contribution >= 0.6 is 0 Å². The number of carbonyl (C=O) groups is 1. The molecule has 94 valence electrons. The highest BCUT2D eigenvalue weighted by Crippen LogP contribution is 2.19. The van der Waals surface area contributed by atoms with Crippen molar-refractivity contribution in [2.45, 2.75) is 13.8 Å². The van der Waals surface area contributed by atoms with E-state index in [0.29, 0.717) is 0 Å². The second-order valence-corrected chi connectivity index (χ2v) is 4.08. The Hall–Kier alpha value is -2.37. The van der Waals surface area contributed by atoms with Gasteiger partial charge in [0.05, 0.1) is 11.9 Å². The van der Waals surface area contributed by atoms with Crippen LogP contribution in [0.3, 0.4) is 0 Å². The molecule has 0 atom stereocenters. The van der Waals surface area contributed by atoms with E-state index >= 15 is 0 Å². The van der Waals surface area contributed by atoms with Crippen molar-refractivity contribution >= 4 is 12.0 Å². The number of aryl methyl sites for hydroxylation is 3. The third-order valence-corrected chi connectivity index (χ3v) is 2.56. The number of hydrogen-bond acceptors (Lipinski definition) is 3. The molecule has 0 saturated carbocycles. The van der Waals surface area contributed by atoms with Gasteiger partial charge in [-0.1, -0.05) is 0 Å². The molecule has 0 fully saturated rings. The first-order valence-corrected chi connectivity index (χ1v) is 5.45. The number of aromatic nitrogens is 4. The molecule has 6 heteroatoms. The van der Waals surface area contributed by atoms with Crippen molar-refractivity contribution in [3.63, 3.8) is 0 Å². The third-order valence-electron chi connectivity index (χ3n) is 2.56. The second-order valence-electron chi connectivity index (χ2n) is 4.08. The number of nitrogens with zero attached hydrogens (tertiary/aromatic N) is 4. The predicted molar refractivity (Wildman–Crippen MR) is 66.5 cm³/mol. The molecule has 2 aromatic heterocycles. The average Bonchev–Trinajstić information content (AvgIpc) is 2.79. The van der Waals surface area contributed by atoms with Gasteiger partial charge in [-0.3, -0.25) is 4.68 Å². The molecule has 0 aliphatic rings. The Labute approximate surface area is 104 Å². The molecule has 0 aromatic carbocycles. The van der Waals surface area contributed by atoms with Gasteiger partial charge in [-0.25, -0.2) is 9.48 Å². The van der Waals surface area contributed by atoms with Crippen molar-refractivity contribution in [1.82, 2.24) is 19.6 Å².